The van der Waals surface area contributed by atoms with Gasteiger partial charge in [-0.05, 0) is 53.9 Å². The summed E-state index contributed by atoms with van der Waals surface area (Å²) in [5, 5.41) is 3.53. The molecule has 0 fully saturated rings. The van der Waals surface area contributed by atoms with Crippen molar-refractivity contribution >= 4 is 11.6 Å². The highest BCUT2D eigenvalue weighted by atomic mass is 16.5. The van der Waals surface area contributed by atoms with Gasteiger partial charge in [0, 0.05) is 12.2 Å². The van der Waals surface area contributed by atoms with E-state index in [9.17, 15) is 4.79 Å². The highest BCUT2D eigenvalue weighted by molar-refractivity contribution is 6.01. The van der Waals surface area contributed by atoms with Crippen molar-refractivity contribution in [2.75, 3.05) is 26.1 Å². The SMILES string of the molecule is COc1ccc(CCN2C(=O)c3ccccc3N[C@@H]2c2ccc(OC)cc2)cc1. The molecule has 0 spiro atoms. The van der Waals surface area contributed by atoms with Crippen LogP contribution in [0, 0.1) is 0 Å². The van der Waals surface area contributed by atoms with Gasteiger partial charge in [0.2, 0.25) is 0 Å². The van der Waals surface area contributed by atoms with Crippen LogP contribution < -0.4 is 14.8 Å². The predicted octanol–water partition coefficient (Wildman–Crippen LogP) is 4.51. The Bertz CT molecular complexity index is 984. The van der Waals surface area contributed by atoms with Crippen LogP contribution in [0.2, 0.25) is 0 Å². The van der Waals surface area contributed by atoms with Crippen LogP contribution in [0.4, 0.5) is 5.69 Å². The molecule has 1 heterocycles. The molecule has 4 rings (SSSR count). The van der Waals surface area contributed by atoms with Crippen molar-refractivity contribution in [3.05, 3.63) is 89.5 Å². The summed E-state index contributed by atoms with van der Waals surface area (Å²) in [6.07, 6.45) is 0.522. The maximum Gasteiger partial charge on any atom is 0.257 e. The van der Waals surface area contributed by atoms with Crippen LogP contribution in [0.3, 0.4) is 0 Å². The van der Waals surface area contributed by atoms with Crippen LogP contribution in [0.25, 0.3) is 0 Å². The van der Waals surface area contributed by atoms with E-state index in [0.29, 0.717) is 12.1 Å². The molecule has 0 saturated heterocycles. The molecule has 5 heteroatoms. The molecule has 0 unspecified atom stereocenters. The molecule has 3 aromatic rings. The fraction of sp³-hybridized carbons (Fsp3) is 0.208. The summed E-state index contributed by atoms with van der Waals surface area (Å²) in [4.78, 5) is 15.2. The first-order valence-corrected chi connectivity index (χ1v) is 9.63. The zero-order chi connectivity index (χ0) is 20.2. The summed E-state index contributed by atoms with van der Waals surface area (Å²) in [5.41, 5.74) is 3.74. The second-order valence-electron chi connectivity index (χ2n) is 6.96. The number of hydrogen-bond donors (Lipinski definition) is 1. The van der Waals surface area contributed by atoms with Gasteiger partial charge >= 0.3 is 0 Å². The van der Waals surface area contributed by atoms with Crippen molar-refractivity contribution in [3.8, 4) is 11.5 Å². The third-order valence-electron chi connectivity index (χ3n) is 5.25. The van der Waals surface area contributed by atoms with Crippen LogP contribution >= 0.6 is 0 Å². The predicted molar refractivity (Wildman–Crippen MR) is 114 cm³/mol. The number of methoxy groups -OCH3 is 2. The van der Waals surface area contributed by atoms with Gasteiger partial charge in [-0.1, -0.05) is 36.4 Å². The first-order chi connectivity index (χ1) is 14.2. The molecule has 1 aliphatic heterocycles. The Hall–Kier alpha value is -3.47. The van der Waals surface area contributed by atoms with Crippen molar-refractivity contribution in [2.24, 2.45) is 0 Å². The first kappa shape index (κ1) is 18.9. The Kier molecular flexibility index (Phi) is 5.38. The Morgan fingerprint density at radius 2 is 1.48 bits per heavy atom. The standard InChI is InChI=1S/C24H24N2O3/c1-28-19-11-7-17(8-12-19)15-16-26-23(18-9-13-20(29-2)14-10-18)25-22-6-4-3-5-21(22)24(26)27/h3-14,23,25H,15-16H2,1-2H3/t23-/m0/s1. The highest BCUT2D eigenvalue weighted by Gasteiger charge is 2.32. The molecule has 0 saturated carbocycles. The average Bonchev–Trinajstić information content (AvgIpc) is 2.79. The van der Waals surface area contributed by atoms with Gasteiger partial charge in [-0.15, -0.1) is 0 Å². The summed E-state index contributed by atoms with van der Waals surface area (Å²) in [6, 6.07) is 23.5. The molecule has 1 N–H and O–H groups in total. The van der Waals surface area contributed by atoms with E-state index >= 15 is 0 Å². The van der Waals surface area contributed by atoms with Gasteiger partial charge in [0.05, 0.1) is 19.8 Å². The smallest absolute Gasteiger partial charge is 0.257 e. The quantitative estimate of drug-likeness (QED) is 0.675. The first-order valence-electron chi connectivity index (χ1n) is 9.63. The fourth-order valence-electron chi connectivity index (χ4n) is 3.61. The number of nitrogens with zero attached hydrogens (tertiary/aromatic N) is 1. The van der Waals surface area contributed by atoms with Crippen LogP contribution in [0.5, 0.6) is 11.5 Å². The number of anilines is 1. The summed E-state index contributed by atoms with van der Waals surface area (Å²) in [6.45, 7) is 0.600. The van der Waals surface area contributed by atoms with Gasteiger partial charge in [-0.25, -0.2) is 0 Å². The van der Waals surface area contributed by atoms with E-state index in [0.717, 1.165) is 34.7 Å². The second kappa shape index (κ2) is 8.27. The molecule has 5 nitrogen and oxygen atoms in total. The van der Waals surface area contributed by atoms with Crippen molar-refractivity contribution in [2.45, 2.75) is 12.6 Å². The van der Waals surface area contributed by atoms with Crippen molar-refractivity contribution in [1.29, 1.82) is 0 Å². The Labute approximate surface area is 170 Å². The maximum absolute atomic E-state index is 13.3. The average molecular weight is 388 g/mol. The number of hydrogen-bond acceptors (Lipinski definition) is 4. The number of amides is 1. The van der Waals surface area contributed by atoms with Gasteiger partial charge in [0.15, 0.2) is 0 Å². The minimum absolute atomic E-state index is 0.0358. The largest absolute Gasteiger partial charge is 0.497 e. The molecule has 0 aliphatic carbocycles. The van der Waals surface area contributed by atoms with E-state index in [-0.39, 0.29) is 12.1 Å². The highest BCUT2D eigenvalue weighted by Crippen LogP contribution is 2.33. The molecule has 1 atom stereocenters. The van der Waals surface area contributed by atoms with Crippen molar-refractivity contribution in [1.82, 2.24) is 4.90 Å². The molecule has 0 aromatic heterocycles. The van der Waals surface area contributed by atoms with Crippen LogP contribution in [-0.4, -0.2) is 31.6 Å². The topological polar surface area (TPSA) is 50.8 Å². The number of rotatable bonds is 6. The van der Waals surface area contributed by atoms with Crippen molar-refractivity contribution < 1.29 is 14.3 Å². The monoisotopic (exact) mass is 388 g/mol. The molecule has 148 valence electrons. The Morgan fingerprint density at radius 1 is 0.862 bits per heavy atom. The minimum atomic E-state index is -0.235. The van der Waals surface area contributed by atoms with Crippen LogP contribution in [0.1, 0.15) is 27.7 Å². The number of ether oxygens (including phenoxy) is 2. The fourth-order valence-corrected chi connectivity index (χ4v) is 3.61. The lowest BCUT2D eigenvalue weighted by Gasteiger charge is -2.38. The lowest BCUT2D eigenvalue weighted by Crippen LogP contribution is -2.43. The summed E-state index contributed by atoms with van der Waals surface area (Å²) < 4.78 is 10.5. The van der Waals surface area contributed by atoms with Gasteiger partial charge in [-0.3, -0.25) is 4.79 Å². The van der Waals surface area contributed by atoms with E-state index in [2.05, 4.69) is 5.32 Å². The van der Waals surface area contributed by atoms with E-state index in [1.807, 2.05) is 77.7 Å². The minimum Gasteiger partial charge on any atom is -0.497 e. The third kappa shape index (κ3) is 3.90. The summed E-state index contributed by atoms with van der Waals surface area (Å²) in [5.74, 6) is 1.66. The lowest BCUT2D eigenvalue weighted by atomic mass is 10.0. The molecule has 29 heavy (non-hydrogen) atoms. The molecule has 3 aromatic carbocycles. The molecule has 0 radical (unpaired) electrons. The van der Waals surface area contributed by atoms with Gasteiger partial charge < -0.3 is 19.7 Å². The number of fused-ring (bicyclic) bond motifs is 1. The second-order valence-corrected chi connectivity index (χ2v) is 6.96. The third-order valence-corrected chi connectivity index (χ3v) is 5.25. The molecule has 1 aliphatic rings. The molecular weight excluding hydrogens is 364 g/mol. The van der Waals surface area contributed by atoms with E-state index in [1.54, 1.807) is 14.2 Å². The van der Waals surface area contributed by atoms with Gasteiger partial charge in [0.25, 0.3) is 5.91 Å². The van der Waals surface area contributed by atoms with E-state index in [1.165, 1.54) is 0 Å². The zero-order valence-electron chi connectivity index (χ0n) is 16.6. The van der Waals surface area contributed by atoms with Crippen molar-refractivity contribution in [3.63, 3.8) is 0 Å². The number of carbonyl (C=O) groups is 1. The maximum atomic E-state index is 13.3. The number of benzene rings is 3. The Morgan fingerprint density at radius 3 is 2.14 bits per heavy atom. The number of para-hydroxylation sites is 1. The number of carbonyl (C=O) groups excluding carboxylic acids is 1. The van der Waals surface area contributed by atoms with E-state index in [4.69, 9.17) is 9.47 Å². The zero-order valence-corrected chi connectivity index (χ0v) is 16.6. The molecule has 0 bridgehead atoms. The summed E-state index contributed by atoms with van der Waals surface area (Å²) in [7, 11) is 3.30. The summed E-state index contributed by atoms with van der Waals surface area (Å²) >= 11 is 0. The van der Waals surface area contributed by atoms with E-state index < -0.39 is 0 Å². The molecular formula is C24H24N2O3. The normalized spacial score (nSPS) is 15.4. The number of nitrogens with one attached hydrogen (secondary N) is 1. The van der Waals surface area contributed by atoms with Crippen LogP contribution in [-0.2, 0) is 6.42 Å². The Balaban J connectivity index is 1.61. The van der Waals surface area contributed by atoms with Gasteiger partial charge in [0.1, 0.15) is 17.7 Å². The lowest BCUT2D eigenvalue weighted by molar-refractivity contribution is 0.0685. The molecule has 1 amide bonds. The van der Waals surface area contributed by atoms with Gasteiger partial charge in [-0.2, -0.15) is 0 Å². The van der Waals surface area contributed by atoms with Crippen LogP contribution in [0.15, 0.2) is 72.8 Å².